The van der Waals surface area contributed by atoms with Crippen LogP contribution in [-0.2, 0) is 4.79 Å². The summed E-state index contributed by atoms with van der Waals surface area (Å²) in [5.74, 6) is 0.651. The van der Waals surface area contributed by atoms with Crippen molar-refractivity contribution >= 4 is 11.6 Å². The van der Waals surface area contributed by atoms with Crippen molar-refractivity contribution in [2.24, 2.45) is 5.73 Å². The van der Waals surface area contributed by atoms with Crippen LogP contribution in [0.5, 0.6) is 5.75 Å². The Bertz CT molecular complexity index is 470. The van der Waals surface area contributed by atoms with Crippen molar-refractivity contribution in [3.63, 3.8) is 0 Å². The zero-order valence-corrected chi connectivity index (χ0v) is 12.2. The molecule has 1 aromatic rings. The van der Waals surface area contributed by atoms with Crippen LogP contribution in [0.1, 0.15) is 19.3 Å². The molecule has 1 fully saturated rings. The smallest absolute Gasteiger partial charge is 0.244 e. The van der Waals surface area contributed by atoms with Gasteiger partial charge in [0.2, 0.25) is 5.91 Å². The number of nitrogens with two attached hydrogens (primary N) is 1. The second-order valence-corrected chi connectivity index (χ2v) is 5.64. The molecule has 1 amide bonds. The number of ether oxygens (including phenoxy) is 1. The van der Waals surface area contributed by atoms with Crippen molar-refractivity contribution in [1.29, 1.82) is 0 Å². The van der Waals surface area contributed by atoms with Gasteiger partial charge in [-0.25, -0.2) is 0 Å². The van der Waals surface area contributed by atoms with Gasteiger partial charge in [-0.15, -0.1) is 0 Å². The molecule has 1 aromatic carbocycles. The minimum Gasteiger partial charge on any atom is -0.492 e. The summed E-state index contributed by atoms with van der Waals surface area (Å²) in [6, 6.07) is 7.42. The van der Waals surface area contributed by atoms with Crippen LogP contribution in [-0.4, -0.2) is 43.6 Å². The number of nitrogens with one attached hydrogen (secondary N) is 1. The molecule has 0 radical (unpaired) electrons. The van der Waals surface area contributed by atoms with Crippen LogP contribution in [0, 0.1) is 0 Å². The summed E-state index contributed by atoms with van der Waals surface area (Å²) in [5, 5.41) is 2.87. The molecular formula is C15H23N3O2. The number of carbonyl (C=O) groups is 1. The first-order chi connectivity index (χ1) is 9.49. The third-order valence-corrected chi connectivity index (χ3v) is 3.60. The Kier molecular flexibility index (Phi) is 4.62. The van der Waals surface area contributed by atoms with Crippen molar-refractivity contribution < 1.29 is 9.53 Å². The second-order valence-electron chi connectivity index (χ2n) is 5.64. The molecule has 110 valence electrons. The number of amides is 1. The molecule has 0 aliphatic heterocycles. The van der Waals surface area contributed by atoms with Gasteiger partial charge in [0.25, 0.3) is 0 Å². The minimum absolute atomic E-state index is 0.103. The standard InChI is InChI=1S/C15H23N3O2/c1-18(2)9-10-20-13-6-3-5-12(11-13)17-14(19)15(16)7-4-8-15/h3,5-6,11H,4,7-10,16H2,1-2H3,(H,17,19). The average molecular weight is 277 g/mol. The van der Waals surface area contributed by atoms with Crippen molar-refractivity contribution in [3.8, 4) is 5.75 Å². The first kappa shape index (κ1) is 14.8. The van der Waals surface area contributed by atoms with Crippen molar-refractivity contribution in [2.75, 3.05) is 32.6 Å². The molecule has 0 heterocycles. The van der Waals surface area contributed by atoms with Gasteiger partial charge in [0.15, 0.2) is 0 Å². The molecule has 3 N–H and O–H groups in total. The van der Waals surface area contributed by atoms with Crippen LogP contribution in [0.4, 0.5) is 5.69 Å². The number of likely N-dealkylation sites (N-methyl/N-ethyl adjacent to an activating group) is 1. The SMILES string of the molecule is CN(C)CCOc1cccc(NC(=O)C2(N)CCC2)c1. The van der Waals surface area contributed by atoms with Crippen LogP contribution >= 0.6 is 0 Å². The molecule has 0 aromatic heterocycles. The lowest BCUT2D eigenvalue weighted by atomic mass is 9.77. The van der Waals surface area contributed by atoms with E-state index in [-0.39, 0.29) is 5.91 Å². The molecule has 0 bridgehead atoms. The molecule has 0 unspecified atom stereocenters. The maximum Gasteiger partial charge on any atom is 0.244 e. The van der Waals surface area contributed by atoms with Gasteiger partial charge in [0, 0.05) is 18.3 Å². The fraction of sp³-hybridized carbons (Fsp3) is 0.533. The number of hydrogen-bond acceptors (Lipinski definition) is 4. The maximum absolute atomic E-state index is 12.0. The van der Waals surface area contributed by atoms with E-state index in [4.69, 9.17) is 10.5 Å². The van der Waals surface area contributed by atoms with Gasteiger partial charge in [0.1, 0.15) is 12.4 Å². The highest BCUT2D eigenvalue weighted by Gasteiger charge is 2.40. The zero-order chi connectivity index (χ0) is 14.6. The van der Waals surface area contributed by atoms with Gasteiger partial charge >= 0.3 is 0 Å². The molecule has 1 aliphatic carbocycles. The Hall–Kier alpha value is -1.59. The number of benzene rings is 1. The third kappa shape index (κ3) is 3.71. The van der Waals surface area contributed by atoms with Crippen LogP contribution in [0.3, 0.4) is 0 Å². The topological polar surface area (TPSA) is 67.6 Å². The third-order valence-electron chi connectivity index (χ3n) is 3.60. The van der Waals surface area contributed by atoms with E-state index < -0.39 is 5.54 Å². The summed E-state index contributed by atoms with van der Waals surface area (Å²) in [6.07, 6.45) is 2.55. The Morgan fingerprint density at radius 3 is 2.80 bits per heavy atom. The van der Waals surface area contributed by atoms with Crippen LogP contribution < -0.4 is 15.8 Å². The fourth-order valence-electron chi connectivity index (χ4n) is 2.05. The van der Waals surface area contributed by atoms with Crippen molar-refractivity contribution in [3.05, 3.63) is 24.3 Å². The average Bonchev–Trinajstić information content (AvgIpc) is 2.36. The molecule has 1 saturated carbocycles. The van der Waals surface area contributed by atoms with E-state index in [9.17, 15) is 4.79 Å². The quantitative estimate of drug-likeness (QED) is 0.826. The van der Waals surface area contributed by atoms with E-state index in [0.29, 0.717) is 6.61 Å². The summed E-state index contributed by atoms with van der Waals surface area (Å²) in [4.78, 5) is 14.1. The van der Waals surface area contributed by atoms with Crippen LogP contribution in [0.2, 0.25) is 0 Å². The summed E-state index contributed by atoms with van der Waals surface area (Å²) >= 11 is 0. The molecular weight excluding hydrogens is 254 g/mol. The highest BCUT2D eigenvalue weighted by Crippen LogP contribution is 2.30. The highest BCUT2D eigenvalue weighted by molar-refractivity contribution is 5.98. The molecule has 20 heavy (non-hydrogen) atoms. The molecule has 0 spiro atoms. The molecule has 5 nitrogen and oxygen atoms in total. The summed E-state index contributed by atoms with van der Waals surface area (Å²) in [6.45, 7) is 1.47. The number of nitrogens with zero attached hydrogens (tertiary/aromatic N) is 1. The van der Waals surface area contributed by atoms with E-state index >= 15 is 0 Å². The van der Waals surface area contributed by atoms with E-state index in [1.54, 1.807) is 0 Å². The maximum atomic E-state index is 12.0. The molecule has 2 rings (SSSR count). The lowest BCUT2D eigenvalue weighted by molar-refractivity contribution is -0.123. The summed E-state index contributed by atoms with van der Waals surface area (Å²) in [5.41, 5.74) is 6.05. The number of carbonyl (C=O) groups excluding carboxylic acids is 1. The fourth-order valence-corrected chi connectivity index (χ4v) is 2.05. The molecule has 0 saturated heterocycles. The second kappa shape index (κ2) is 6.24. The lowest BCUT2D eigenvalue weighted by Gasteiger charge is -2.36. The summed E-state index contributed by atoms with van der Waals surface area (Å²) < 4.78 is 5.64. The zero-order valence-electron chi connectivity index (χ0n) is 12.2. The predicted molar refractivity (Wildman–Crippen MR) is 79.9 cm³/mol. The first-order valence-corrected chi connectivity index (χ1v) is 6.97. The number of rotatable bonds is 6. The highest BCUT2D eigenvalue weighted by atomic mass is 16.5. The number of anilines is 1. The Morgan fingerprint density at radius 1 is 1.45 bits per heavy atom. The summed E-state index contributed by atoms with van der Waals surface area (Å²) in [7, 11) is 4.00. The molecule has 0 atom stereocenters. The van der Waals surface area contributed by atoms with Gasteiger partial charge in [-0.1, -0.05) is 6.07 Å². The molecule has 1 aliphatic rings. The van der Waals surface area contributed by atoms with Gasteiger partial charge in [0.05, 0.1) is 5.54 Å². The van der Waals surface area contributed by atoms with E-state index in [1.807, 2.05) is 38.4 Å². The van der Waals surface area contributed by atoms with E-state index in [1.165, 1.54) is 0 Å². The normalized spacial score (nSPS) is 16.6. The van der Waals surface area contributed by atoms with Gasteiger partial charge in [-0.2, -0.15) is 0 Å². The number of hydrogen-bond donors (Lipinski definition) is 2. The monoisotopic (exact) mass is 277 g/mol. The largest absolute Gasteiger partial charge is 0.492 e. The van der Waals surface area contributed by atoms with E-state index in [2.05, 4.69) is 10.2 Å². The minimum atomic E-state index is -0.679. The van der Waals surface area contributed by atoms with Crippen molar-refractivity contribution in [2.45, 2.75) is 24.8 Å². The van der Waals surface area contributed by atoms with Crippen molar-refractivity contribution in [1.82, 2.24) is 4.90 Å². The Labute approximate surface area is 120 Å². The molecule has 5 heteroatoms. The van der Waals surface area contributed by atoms with E-state index in [0.717, 1.165) is 37.2 Å². The predicted octanol–water partition coefficient (Wildman–Crippen LogP) is 1.45. The van der Waals surface area contributed by atoms with Crippen LogP contribution in [0.15, 0.2) is 24.3 Å². The van der Waals surface area contributed by atoms with Gasteiger partial charge < -0.3 is 20.7 Å². The first-order valence-electron chi connectivity index (χ1n) is 6.97. The Morgan fingerprint density at radius 2 is 2.20 bits per heavy atom. The Balaban J connectivity index is 1.90. The lowest BCUT2D eigenvalue weighted by Crippen LogP contribution is -2.56. The van der Waals surface area contributed by atoms with Crippen LogP contribution in [0.25, 0.3) is 0 Å². The van der Waals surface area contributed by atoms with Gasteiger partial charge in [-0.3, -0.25) is 4.79 Å². The van der Waals surface area contributed by atoms with Gasteiger partial charge in [-0.05, 0) is 45.5 Å².